The summed E-state index contributed by atoms with van der Waals surface area (Å²) in [6, 6.07) is 12.9. The van der Waals surface area contributed by atoms with Crippen molar-refractivity contribution >= 4 is 11.7 Å². The van der Waals surface area contributed by atoms with Crippen LogP contribution in [0.2, 0.25) is 0 Å². The van der Waals surface area contributed by atoms with Gasteiger partial charge in [-0.05, 0) is 62.1 Å². The van der Waals surface area contributed by atoms with Gasteiger partial charge in [-0.3, -0.25) is 0 Å². The van der Waals surface area contributed by atoms with E-state index in [0.717, 1.165) is 41.2 Å². The number of nitrogens with zero attached hydrogens (tertiary/aromatic N) is 1. The number of aromatic nitrogens is 1. The largest absolute Gasteiger partial charge is 0.481 e. The van der Waals surface area contributed by atoms with Crippen molar-refractivity contribution in [1.82, 2.24) is 4.98 Å². The standard InChI is InChI=1S/C25H28N2O4/c1-16-21(14-22(31-16)19-10-13-23(30-2)26-15-19)24(17-6-4-3-5-7-17)27-20-11-8-18(9-12-20)25(28)29/h8-15,17,24,27H,3-7H2,1-2H3,(H,28,29). The number of rotatable bonds is 7. The van der Waals surface area contributed by atoms with Crippen molar-refractivity contribution in [3.05, 3.63) is 65.5 Å². The lowest BCUT2D eigenvalue weighted by atomic mass is 9.81. The maximum atomic E-state index is 11.2. The number of carbonyl (C=O) groups is 1. The van der Waals surface area contributed by atoms with Crippen molar-refractivity contribution < 1.29 is 19.1 Å². The van der Waals surface area contributed by atoms with Gasteiger partial charge in [-0.1, -0.05) is 19.3 Å². The molecule has 1 aliphatic rings. The van der Waals surface area contributed by atoms with Gasteiger partial charge >= 0.3 is 5.97 Å². The zero-order chi connectivity index (χ0) is 21.8. The van der Waals surface area contributed by atoms with E-state index in [2.05, 4.69) is 16.4 Å². The van der Waals surface area contributed by atoms with Crippen LogP contribution in [0.1, 0.15) is 59.8 Å². The summed E-state index contributed by atoms with van der Waals surface area (Å²) in [6.45, 7) is 2.00. The van der Waals surface area contributed by atoms with Gasteiger partial charge in [-0.25, -0.2) is 9.78 Å². The number of carboxylic acids is 1. The summed E-state index contributed by atoms with van der Waals surface area (Å²) in [6.07, 6.45) is 7.82. The van der Waals surface area contributed by atoms with Gasteiger partial charge in [0.1, 0.15) is 11.5 Å². The number of carboxylic acid groups (broad SMARTS) is 1. The van der Waals surface area contributed by atoms with Crippen molar-refractivity contribution in [1.29, 1.82) is 0 Å². The number of anilines is 1. The molecule has 3 aromatic rings. The topological polar surface area (TPSA) is 84.6 Å². The first kappa shape index (κ1) is 21.0. The van der Waals surface area contributed by atoms with Gasteiger partial charge in [0, 0.05) is 29.1 Å². The van der Waals surface area contributed by atoms with Crippen LogP contribution in [0.15, 0.2) is 53.1 Å². The number of aromatic carboxylic acids is 1. The molecule has 2 N–H and O–H groups in total. The fourth-order valence-electron chi connectivity index (χ4n) is 4.40. The lowest BCUT2D eigenvalue weighted by molar-refractivity contribution is 0.0697. The molecule has 1 aliphatic carbocycles. The number of furan rings is 1. The Hall–Kier alpha value is -3.28. The molecule has 0 aliphatic heterocycles. The van der Waals surface area contributed by atoms with Crippen LogP contribution in [-0.2, 0) is 0 Å². The van der Waals surface area contributed by atoms with Gasteiger partial charge in [0.25, 0.3) is 0 Å². The number of methoxy groups -OCH3 is 1. The molecule has 0 saturated heterocycles. The Morgan fingerprint density at radius 3 is 2.52 bits per heavy atom. The minimum Gasteiger partial charge on any atom is -0.481 e. The van der Waals surface area contributed by atoms with Gasteiger partial charge in [-0.15, -0.1) is 0 Å². The Bertz CT molecular complexity index is 1020. The van der Waals surface area contributed by atoms with E-state index in [1.54, 1.807) is 25.4 Å². The van der Waals surface area contributed by atoms with E-state index in [1.807, 2.05) is 31.2 Å². The Balaban J connectivity index is 1.64. The summed E-state index contributed by atoms with van der Waals surface area (Å²) in [4.78, 5) is 15.5. The van der Waals surface area contributed by atoms with Crippen LogP contribution in [0.4, 0.5) is 5.69 Å². The van der Waals surface area contributed by atoms with E-state index in [-0.39, 0.29) is 11.6 Å². The third-order valence-electron chi connectivity index (χ3n) is 6.10. The Morgan fingerprint density at radius 2 is 1.90 bits per heavy atom. The van der Waals surface area contributed by atoms with E-state index in [0.29, 0.717) is 11.8 Å². The van der Waals surface area contributed by atoms with E-state index < -0.39 is 5.97 Å². The maximum Gasteiger partial charge on any atom is 0.335 e. The number of hydrogen-bond acceptors (Lipinski definition) is 5. The molecular formula is C25H28N2O4. The highest BCUT2D eigenvalue weighted by Crippen LogP contribution is 2.40. The van der Waals surface area contributed by atoms with Crippen LogP contribution in [0.5, 0.6) is 5.88 Å². The van der Waals surface area contributed by atoms with Crippen LogP contribution in [0, 0.1) is 12.8 Å². The van der Waals surface area contributed by atoms with E-state index in [4.69, 9.17) is 9.15 Å². The first-order valence-corrected chi connectivity index (χ1v) is 10.8. The summed E-state index contributed by atoms with van der Waals surface area (Å²) in [5, 5.41) is 12.8. The summed E-state index contributed by atoms with van der Waals surface area (Å²) in [7, 11) is 1.60. The Kier molecular flexibility index (Phi) is 6.26. The van der Waals surface area contributed by atoms with Crippen molar-refractivity contribution in [3.63, 3.8) is 0 Å². The number of nitrogens with one attached hydrogen (secondary N) is 1. The zero-order valence-corrected chi connectivity index (χ0v) is 17.9. The van der Waals surface area contributed by atoms with E-state index in [1.165, 1.54) is 19.3 Å². The van der Waals surface area contributed by atoms with Gasteiger partial charge in [0.05, 0.1) is 18.7 Å². The summed E-state index contributed by atoms with van der Waals surface area (Å²) < 4.78 is 11.3. The summed E-state index contributed by atoms with van der Waals surface area (Å²) in [5.41, 5.74) is 3.24. The fraction of sp³-hybridized carbons (Fsp3) is 0.360. The lowest BCUT2D eigenvalue weighted by Crippen LogP contribution is -2.23. The average Bonchev–Trinajstić information content (AvgIpc) is 3.19. The van der Waals surface area contributed by atoms with Crippen LogP contribution in [0.25, 0.3) is 11.3 Å². The number of aryl methyl sites for hydroxylation is 1. The first-order valence-electron chi connectivity index (χ1n) is 10.8. The molecule has 2 aromatic heterocycles. The molecule has 0 spiro atoms. The van der Waals surface area contributed by atoms with Crippen molar-refractivity contribution in [2.24, 2.45) is 5.92 Å². The predicted molar refractivity (Wildman–Crippen MR) is 120 cm³/mol. The molecule has 0 radical (unpaired) electrons. The van der Waals surface area contributed by atoms with Gasteiger partial charge in [0.2, 0.25) is 5.88 Å². The maximum absolute atomic E-state index is 11.2. The molecule has 1 aromatic carbocycles. The second kappa shape index (κ2) is 9.25. The predicted octanol–water partition coefficient (Wildman–Crippen LogP) is 6.09. The second-order valence-corrected chi connectivity index (χ2v) is 8.11. The van der Waals surface area contributed by atoms with Crippen molar-refractivity contribution in [2.75, 3.05) is 12.4 Å². The second-order valence-electron chi connectivity index (χ2n) is 8.11. The van der Waals surface area contributed by atoms with E-state index in [9.17, 15) is 9.90 Å². The SMILES string of the molecule is COc1ccc(-c2cc(C(Nc3ccc(C(=O)O)cc3)C3CCCCC3)c(C)o2)cn1. The number of benzene rings is 1. The summed E-state index contributed by atoms with van der Waals surface area (Å²) in [5.74, 6) is 1.81. The molecule has 6 nitrogen and oxygen atoms in total. The minimum absolute atomic E-state index is 0.0969. The molecule has 2 heterocycles. The molecule has 4 rings (SSSR count). The molecule has 1 unspecified atom stereocenters. The molecule has 0 bridgehead atoms. The zero-order valence-electron chi connectivity index (χ0n) is 17.9. The van der Waals surface area contributed by atoms with Gasteiger partial charge < -0.3 is 19.6 Å². The first-order chi connectivity index (χ1) is 15.0. The third kappa shape index (κ3) is 4.74. The highest BCUT2D eigenvalue weighted by atomic mass is 16.5. The molecule has 162 valence electrons. The molecule has 6 heteroatoms. The van der Waals surface area contributed by atoms with E-state index >= 15 is 0 Å². The molecule has 31 heavy (non-hydrogen) atoms. The summed E-state index contributed by atoms with van der Waals surface area (Å²) >= 11 is 0. The monoisotopic (exact) mass is 420 g/mol. The smallest absolute Gasteiger partial charge is 0.335 e. The van der Waals surface area contributed by atoms with Crippen molar-refractivity contribution in [2.45, 2.75) is 45.1 Å². The molecule has 1 atom stereocenters. The van der Waals surface area contributed by atoms with Crippen LogP contribution >= 0.6 is 0 Å². The van der Waals surface area contributed by atoms with Gasteiger partial charge in [-0.2, -0.15) is 0 Å². The molecule has 0 amide bonds. The fourth-order valence-corrected chi connectivity index (χ4v) is 4.40. The Labute approximate surface area is 182 Å². The molecule has 1 saturated carbocycles. The Morgan fingerprint density at radius 1 is 1.16 bits per heavy atom. The highest BCUT2D eigenvalue weighted by molar-refractivity contribution is 5.88. The molecular weight excluding hydrogens is 392 g/mol. The van der Waals surface area contributed by atoms with Crippen LogP contribution in [0.3, 0.4) is 0 Å². The van der Waals surface area contributed by atoms with Crippen LogP contribution in [-0.4, -0.2) is 23.2 Å². The highest BCUT2D eigenvalue weighted by Gasteiger charge is 2.28. The quantitative estimate of drug-likeness (QED) is 0.481. The lowest BCUT2D eigenvalue weighted by Gasteiger charge is -2.31. The van der Waals surface area contributed by atoms with Crippen molar-refractivity contribution in [3.8, 4) is 17.2 Å². The minimum atomic E-state index is -0.918. The number of ether oxygens (including phenoxy) is 1. The van der Waals surface area contributed by atoms with Gasteiger partial charge in [0.15, 0.2) is 0 Å². The van der Waals surface area contributed by atoms with Crippen LogP contribution < -0.4 is 10.1 Å². The molecule has 1 fully saturated rings. The number of pyridine rings is 1. The normalized spacial score (nSPS) is 15.4. The third-order valence-corrected chi connectivity index (χ3v) is 6.10. The number of hydrogen-bond donors (Lipinski definition) is 2. The average molecular weight is 421 g/mol.